The molecule has 0 aliphatic heterocycles. The molecule has 2 atom stereocenters. The number of hydrogen-bond acceptors (Lipinski definition) is 3. The van der Waals surface area contributed by atoms with Gasteiger partial charge in [0.25, 0.3) is 0 Å². The van der Waals surface area contributed by atoms with Crippen LogP contribution in [0.1, 0.15) is 39.5 Å². The zero-order chi connectivity index (χ0) is 14.8. The molecule has 4 nitrogen and oxygen atoms in total. The molecule has 0 aromatic carbocycles. The van der Waals surface area contributed by atoms with E-state index in [4.69, 9.17) is 4.74 Å². The molecule has 1 saturated carbocycles. The lowest BCUT2D eigenvalue weighted by Gasteiger charge is -2.17. The van der Waals surface area contributed by atoms with Crippen LogP contribution in [-0.2, 0) is 4.74 Å². The zero-order valence-corrected chi connectivity index (χ0v) is 14.3. The summed E-state index contributed by atoms with van der Waals surface area (Å²) in [4.78, 5) is 4.28. The van der Waals surface area contributed by atoms with E-state index in [0.29, 0.717) is 12.0 Å². The summed E-state index contributed by atoms with van der Waals surface area (Å²) in [6, 6.07) is 0.570. The number of guanidine groups is 1. The van der Waals surface area contributed by atoms with Crippen LogP contribution in [0.2, 0.25) is 0 Å². The molecule has 0 aromatic heterocycles. The minimum atomic E-state index is 0.570. The van der Waals surface area contributed by atoms with E-state index in [1.165, 1.54) is 19.3 Å². The van der Waals surface area contributed by atoms with Crippen molar-refractivity contribution in [2.75, 3.05) is 33.1 Å². The maximum absolute atomic E-state index is 5.60. The normalized spacial score (nSPS) is 23.4. The molecular weight excluding hydrogens is 270 g/mol. The maximum Gasteiger partial charge on any atom is 0.191 e. The van der Waals surface area contributed by atoms with Crippen LogP contribution in [0.15, 0.2) is 4.99 Å². The van der Waals surface area contributed by atoms with Crippen LogP contribution in [0.4, 0.5) is 0 Å². The number of rotatable bonds is 8. The summed E-state index contributed by atoms with van der Waals surface area (Å²) in [6.45, 7) is 6.85. The van der Waals surface area contributed by atoms with Crippen molar-refractivity contribution in [3.63, 3.8) is 0 Å². The summed E-state index contributed by atoms with van der Waals surface area (Å²) >= 11 is 1.98. The van der Waals surface area contributed by atoms with Crippen molar-refractivity contribution in [1.29, 1.82) is 0 Å². The SMILES string of the molecule is CN=C(NCCOCCC(C)C)NC1CCC(SC)C1. The van der Waals surface area contributed by atoms with Crippen LogP contribution in [0.5, 0.6) is 0 Å². The van der Waals surface area contributed by atoms with Crippen molar-refractivity contribution in [1.82, 2.24) is 10.6 Å². The van der Waals surface area contributed by atoms with Crippen molar-refractivity contribution < 1.29 is 4.74 Å². The molecule has 0 amide bonds. The van der Waals surface area contributed by atoms with E-state index in [2.05, 4.69) is 35.7 Å². The molecule has 1 aliphatic rings. The van der Waals surface area contributed by atoms with Gasteiger partial charge in [0.1, 0.15) is 0 Å². The quantitative estimate of drug-likeness (QED) is 0.411. The second-order valence-corrected chi connectivity index (χ2v) is 6.94. The van der Waals surface area contributed by atoms with Gasteiger partial charge in [-0.3, -0.25) is 4.99 Å². The van der Waals surface area contributed by atoms with Crippen molar-refractivity contribution in [3.05, 3.63) is 0 Å². The Bertz CT molecular complexity index is 284. The highest BCUT2D eigenvalue weighted by molar-refractivity contribution is 7.99. The first kappa shape index (κ1) is 17.6. The molecule has 20 heavy (non-hydrogen) atoms. The first-order valence-electron chi connectivity index (χ1n) is 7.73. The molecule has 0 spiro atoms. The molecule has 5 heteroatoms. The fourth-order valence-corrected chi connectivity index (χ4v) is 3.13. The van der Waals surface area contributed by atoms with E-state index in [0.717, 1.165) is 37.4 Å². The number of nitrogens with zero attached hydrogens (tertiary/aromatic N) is 1. The third-order valence-corrected chi connectivity index (χ3v) is 4.76. The number of aliphatic imine (C=N–C) groups is 1. The third-order valence-electron chi connectivity index (χ3n) is 3.66. The van der Waals surface area contributed by atoms with Gasteiger partial charge in [0.15, 0.2) is 5.96 Å². The monoisotopic (exact) mass is 301 g/mol. The lowest BCUT2D eigenvalue weighted by Crippen LogP contribution is -2.43. The summed E-state index contributed by atoms with van der Waals surface area (Å²) in [5.74, 6) is 1.62. The van der Waals surface area contributed by atoms with Gasteiger partial charge in [-0.15, -0.1) is 0 Å². The van der Waals surface area contributed by atoms with Gasteiger partial charge in [0.05, 0.1) is 6.61 Å². The first-order valence-corrected chi connectivity index (χ1v) is 9.02. The highest BCUT2D eigenvalue weighted by Gasteiger charge is 2.24. The van der Waals surface area contributed by atoms with Crippen LogP contribution in [0.3, 0.4) is 0 Å². The third kappa shape index (κ3) is 7.39. The molecule has 1 rings (SSSR count). The molecule has 0 bridgehead atoms. The second kappa shape index (κ2) is 10.3. The van der Waals surface area contributed by atoms with Crippen LogP contribution >= 0.6 is 11.8 Å². The van der Waals surface area contributed by atoms with Crippen LogP contribution < -0.4 is 10.6 Å². The van der Waals surface area contributed by atoms with Crippen LogP contribution in [0.25, 0.3) is 0 Å². The van der Waals surface area contributed by atoms with E-state index in [1.54, 1.807) is 0 Å². The highest BCUT2D eigenvalue weighted by atomic mass is 32.2. The van der Waals surface area contributed by atoms with E-state index < -0.39 is 0 Å². The van der Waals surface area contributed by atoms with Gasteiger partial charge in [-0.2, -0.15) is 11.8 Å². The summed E-state index contributed by atoms with van der Waals surface area (Å²) in [7, 11) is 1.83. The maximum atomic E-state index is 5.60. The van der Waals surface area contributed by atoms with Crippen molar-refractivity contribution >= 4 is 17.7 Å². The Morgan fingerprint density at radius 3 is 2.75 bits per heavy atom. The minimum Gasteiger partial charge on any atom is -0.380 e. The molecular formula is C15H31N3OS. The molecule has 1 aliphatic carbocycles. The second-order valence-electron chi connectivity index (χ2n) is 5.81. The van der Waals surface area contributed by atoms with E-state index in [9.17, 15) is 0 Å². The Morgan fingerprint density at radius 2 is 2.15 bits per heavy atom. The van der Waals surface area contributed by atoms with Crippen LogP contribution in [-0.4, -0.2) is 50.3 Å². The van der Waals surface area contributed by atoms with Gasteiger partial charge in [-0.25, -0.2) is 0 Å². The molecule has 0 aromatic rings. The molecule has 0 saturated heterocycles. The minimum absolute atomic E-state index is 0.570. The average Bonchev–Trinajstić information content (AvgIpc) is 2.88. The molecule has 1 fully saturated rings. The Kier molecular flexibility index (Phi) is 9.10. The Hall–Kier alpha value is -0.420. The Balaban J connectivity index is 2.08. The average molecular weight is 302 g/mol. The summed E-state index contributed by atoms with van der Waals surface area (Å²) < 4.78 is 5.60. The molecule has 2 N–H and O–H groups in total. The van der Waals surface area contributed by atoms with Crippen molar-refractivity contribution in [3.8, 4) is 0 Å². The van der Waals surface area contributed by atoms with Gasteiger partial charge in [-0.1, -0.05) is 13.8 Å². The highest BCUT2D eigenvalue weighted by Crippen LogP contribution is 2.27. The molecule has 118 valence electrons. The first-order chi connectivity index (χ1) is 9.65. The number of thioether (sulfide) groups is 1. The number of hydrogen-bond donors (Lipinski definition) is 2. The zero-order valence-electron chi connectivity index (χ0n) is 13.4. The standard InChI is InChI=1S/C15H31N3OS/c1-12(2)7-9-19-10-8-17-15(16-3)18-13-5-6-14(11-13)20-4/h12-14H,5-11H2,1-4H3,(H2,16,17,18). The van der Waals surface area contributed by atoms with Gasteiger partial charge >= 0.3 is 0 Å². The largest absolute Gasteiger partial charge is 0.380 e. The molecule has 0 heterocycles. The predicted molar refractivity (Wildman–Crippen MR) is 89.7 cm³/mol. The lowest BCUT2D eigenvalue weighted by molar-refractivity contribution is 0.128. The Labute approximate surface area is 128 Å². The smallest absolute Gasteiger partial charge is 0.191 e. The number of ether oxygens (including phenoxy) is 1. The van der Waals surface area contributed by atoms with Crippen molar-refractivity contribution in [2.24, 2.45) is 10.9 Å². The fraction of sp³-hybridized carbons (Fsp3) is 0.933. The number of nitrogens with one attached hydrogen (secondary N) is 2. The summed E-state index contributed by atoms with van der Waals surface area (Å²) in [5.41, 5.74) is 0. The van der Waals surface area contributed by atoms with E-state index >= 15 is 0 Å². The van der Waals surface area contributed by atoms with Gasteiger partial charge in [0.2, 0.25) is 0 Å². The summed E-state index contributed by atoms with van der Waals surface area (Å²) in [5, 5.41) is 7.64. The van der Waals surface area contributed by atoms with Gasteiger partial charge in [-0.05, 0) is 37.9 Å². The predicted octanol–water partition coefficient (Wildman–Crippen LogP) is 2.50. The summed E-state index contributed by atoms with van der Waals surface area (Å²) in [6.07, 6.45) is 7.14. The molecule has 2 unspecified atom stereocenters. The van der Waals surface area contributed by atoms with Crippen LogP contribution in [0, 0.1) is 5.92 Å². The lowest BCUT2D eigenvalue weighted by atomic mass is 10.1. The van der Waals surface area contributed by atoms with E-state index in [-0.39, 0.29) is 0 Å². The fourth-order valence-electron chi connectivity index (χ4n) is 2.34. The molecule has 0 radical (unpaired) electrons. The topological polar surface area (TPSA) is 45.7 Å². The van der Waals surface area contributed by atoms with Gasteiger partial charge < -0.3 is 15.4 Å². The Morgan fingerprint density at radius 1 is 1.35 bits per heavy atom. The van der Waals surface area contributed by atoms with E-state index in [1.807, 2.05) is 18.8 Å². The van der Waals surface area contributed by atoms with Gasteiger partial charge in [0, 0.05) is 31.5 Å². The van der Waals surface area contributed by atoms with Crippen molar-refractivity contribution in [2.45, 2.75) is 50.8 Å².